The molecule has 0 bridgehead atoms. The molecule has 0 unspecified atom stereocenters. The van der Waals surface area contributed by atoms with E-state index in [1.165, 1.54) is 25.7 Å². The van der Waals surface area contributed by atoms with Gasteiger partial charge in [-0.2, -0.15) is 0 Å². The predicted molar refractivity (Wildman–Crippen MR) is 113 cm³/mol. The van der Waals surface area contributed by atoms with Crippen molar-refractivity contribution in [1.29, 1.82) is 0 Å². The summed E-state index contributed by atoms with van der Waals surface area (Å²) in [5, 5.41) is 0.583. The summed E-state index contributed by atoms with van der Waals surface area (Å²) in [7, 11) is 0. The van der Waals surface area contributed by atoms with Crippen LogP contribution in [-0.4, -0.2) is 18.5 Å². The SMILES string of the molecule is CCCCCCCCCOC(=O)C(CC)(CC)C(=O)OCc1cccc(Cl)c1. The molecule has 0 saturated heterocycles. The number of rotatable bonds is 14. The van der Waals surface area contributed by atoms with Gasteiger partial charge in [0.2, 0.25) is 0 Å². The van der Waals surface area contributed by atoms with Gasteiger partial charge in [0.05, 0.1) is 6.61 Å². The minimum absolute atomic E-state index is 0.0895. The van der Waals surface area contributed by atoms with Gasteiger partial charge in [0, 0.05) is 5.02 Å². The van der Waals surface area contributed by atoms with Crippen molar-refractivity contribution >= 4 is 23.5 Å². The predicted octanol–water partition coefficient (Wildman–Crippen LogP) is 6.48. The molecule has 0 aromatic heterocycles. The number of carbonyl (C=O) groups excluding carboxylic acids is 2. The van der Waals surface area contributed by atoms with Gasteiger partial charge in [-0.05, 0) is 37.0 Å². The zero-order valence-corrected chi connectivity index (χ0v) is 18.4. The maximum Gasteiger partial charge on any atom is 0.323 e. The summed E-state index contributed by atoms with van der Waals surface area (Å²) < 4.78 is 10.9. The average Bonchev–Trinajstić information content (AvgIpc) is 2.70. The van der Waals surface area contributed by atoms with Crippen molar-refractivity contribution in [2.75, 3.05) is 6.61 Å². The molecular weight excluding hydrogens is 376 g/mol. The molecule has 1 aromatic carbocycles. The number of hydrogen-bond donors (Lipinski definition) is 0. The van der Waals surface area contributed by atoms with E-state index in [0.717, 1.165) is 24.8 Å². The van der Waals surface area contributed by atoms with Crippen LogP contribution in [0.3, 0.4) is 0 Å². The third-order valence-electron chi connectivity index (χ3n) is 5.23. The molecule has 0 saturated carbocycles. The van der Waals surface area contributed by atoms with Crippen LogP contribution in [0.15, 0.2) is 24.3 Å². The molecule has 0 aliphatic carbocycles. The summed E-state index contributed by atoms with van der Waals surface area (Å²) in [5.74, 6) is -0.999. The third kappa shape index (κ3) is 7.83. The minimum Gasteiger partial charge on any atom is -0.465 e. The van der Waals surface area contributed by atoms with E-state index in [1.807, 2.05) is 19.9 Å². The van der Waals surface area contributed by atoms with Gasteiger partial charge in [-0.25, -0.2) is 0 Å². The van der Waals surface area contributed by atoms with Crippen molar-refractivity contribution < 1.29 is 19.1 Å². The Hall–Kier alpha value is -1.55. The summed E-state index contributed by atoms with van der Waals surface area (Å²) in [6, 6.07) is 7.14. The molecule has 0 radical (unpaired) electrons. The number of unbranched alkanes of at least 4 members (excludes halogenated alkanes) is 6. The summed E-state index contributed by atoms with van der Waals surface area (Å²) in [6.07, 6.45) is 8.76. The zero-order valence-electron chi connectivity index (χ0n) is 17.6. The molecule has 0 atom stereocenters. The van der Waals surface area contributed by atoms with Crippen LogP contribution in [0, 0.1) is 5.41 Å². The van der Waals surface area contributed by atoms with E-state index >= 15 is 0 Å². The topological polar surface area (TPSA) is 52.6 Å². The number of ether oxygens (including phenoxy) is 2. The Labute approximate surface area is 174 Å². The number of halogens is 1. The average molecular weight is 411 g/mol. The van der Waals surface area contributed by atoms with Crippen LogP contribution < -0.4 is 0 Å². The maximum absolute atomic E-state index is 12.7. The summed E-state index contributed by atoms with van der Waals surface area (Å²) >= 11 is 5.96. The van der Waals surface area contributed by atoms with Crippen molar-refractivity contribution in [1.82, 2.24) is 0 Å². The second-order valence-electron chi connectivity index (χ2n) is 7.25. The molecule has 0 heterocycles. The molecule has 28 heavy (non-hydrogen) atoms. The van der Waals surface area contributed by atoms with Crippen molar-refractivity contribution in [2.45, 2.75) is 85.2 Å². The van der Waals surface area contributed by atoms with E-state index in [9.17, 15) is 9.59 Å². The first-order valence-corrected chi connectivity index (χ1v) is 11.0. The lowest BCUT2D eigenvalue weighted by atomic mass is 9.82. The number of hydrogen-bond acceptors (Lipinski definition) is 4. The molecule has 0 amide bonds. The first-order valence-electron chi connectivity index (χ1n) is 10.6. The first kappa shape index (κ1) is 24.5. The van der Waals surface area contributed by atoms with Crippen LogP contribution in [0.5, 0.6) is 0 Å². The van der Waals surface area contributed by atoms with Gasteiger partial charge < -0.3 is 9.47 Å². The van der Waals surface area contributed by atoms with Crippen molar-refractivity contribution in [3.63, 3.8) is 0 Å². The molecule has 1 rings (SSSR count). The zero-order chi connectivity index (χ0) is 20.8. The van der Waals surface area contributed by atoms with Crippen LogP contribution in [0.1, 0.15) is 84.1 Å². The number of esters is 2. The van der Waals surface area contributed by atoms with E-state index in [1.54, 1.807) is 18.2 Å². The Kier molecular flexibility index (Phi) is 11.9. The van der Waals surface area contributed by atoms with E-state index in [4.69, 9.17) is 21.1 Å². The Bertz CT molecular complexity index is 596. The highest BCUT2D eigenvalue weighted by molar-refractivity contribution is 6.30. The fourth-order valence-electron chi connectivity index (χ4n) is 3.19. The molecule has 158 valence electrons. The lowest BCUT2D eigenvalue weighted by molar-refractivity contribution is -0.174. The highest BCUT2D eigenvalue weighted by Crippen LogP contribution is 2.31. The Morgan fingerprint density at radius 3 is 2.11 bits per heavy atom. The van der Waals surface area contributed by atoms with Gasteiger partial charge in [-0.15, -0.1) is 0 Å². The molecule has 5 heteroatoms. The van der Waals surface area contributed by atoms with Gasteiger partial charge in [0.15, 0.2) is 5.41 Å². The molecule has 0 fully saturated rings. The van der Waals surface area contributed by atoms with E-state index in [2.05, 4.69) is 6.92 Å². The van der Waals surface area contributed by atoms with Crippen LogP contribution >= 0.6 is 11.6 Å². The lowest BCUT2D eigenvalue weighted by Crippen LogP contribution is -2.41. The smallest absolute Gasteiger partial charge is 0.323 e. The molecule has 1 aromatic rings. The monoisotopic (exact) mass is 410 g/mol. The highest BCUT2D eigenvalue weighted by atomic mass is 35.5. The van der Waals surface area contributed by atoms with Gasteiger partial charge in [0.25, 0.3) is 0 Å². The molecule has 0 aliphatic rings. The fourth-order valence-corrected chi connectivity index (χ4v) is 3.40. The summed E-state index contributed by atoms with van der Waals surface area (Å²) in [5.41, 5.74) is -0.446. The van der Waals surface area contributed by atoms with E-state index in [0.29, 0.717) is 24.5 Å². The van der Waals surface area contributed by atoms with Crippen LogP contribution in [0.4, 0.5) is 0 Å². The van der Waals surface area contributed by atoms with Crippen molar-refractivity contribution in [2.24, 2.45) is 5.41 Å². The lowest BCUT2D eigenvalue weighted by Gasteiger charge is -2.27. The largest absolute Gasteiger partial charge is 0.465 e. The Morgan fingerprint density at radius 1 is 0.893 bits per heavy atom. The molecule has 0 aliphatic heterocycles. The van der Waals surface area contributed by atoms with Crippen LogP contribution in [-0.2, 0) is 25.7 Å². The molecule has 0 N–H and O–H groups in total. The van der Waals surface area contributed by atoms with Crippen molar-refractivity contribution in [3.8, 4) is 0 Å². The fraction of sp³-hybridized carbons (Fsp3) is 0.652. The normalized spacial score (nSPS) is 11.3. The quantitative estimate of drug-likeness (QED) is 0.200. The number of carbonyl (C=O) groups is 2. The summed E-state index contributed by atoms with van der Waals surface area (Å²) in [6.45, 7) is 6.29. The van der Waals surface area contributed by atoms with Crippen LogP contribution in [0.2, 0.25) is 5.02 Å². The van der Waals surface area contributed by atoms with Gasteiger partial charge >= 0.3 is 11.9 Å². The highest BCUT2D eigenvalue weighted by Gasteiger charge is 2.45. The molecular formula is C23H35ClO4. The Morgan fingerprint density at radius 2 is 1.50 bits per heavy atom. The van der Waals surface area contributed by atoms with Gasteiger partial charge in [-0.1, -0.05) is 83.0 Å². The van der Waals surface area contributed by atoms with Crippen LogP contribution in [0.25, 0.3) is 0 Å². The van der Waals surface area contributed by atoms with E-state index < -0.39 is 17.4 Å². The second-order valence-corrected chi connectivity index (χ2v) is 7.69. The Balaban J connectivity index is 2.48. The van der Waals surface area contributed by atoms with Gasteiger partial charge in [0.1, 0.15) is 6.61 Å². The minimum atomic E-state index is -1.24. The molecule has 4 nitrogen and oxygen atoms in total. The molecule has 0 spiro atoms. The first-order chi connectivity index (χ1) is 13.5. The standard InChI is InChI=1S/C23H35ClO4/c1-4-7-8-9-10-11-12-16-27-21(25)23(5-2,6-3)22(26)28-18-19-14-13-15-20(24)17-19/h13-15,17H,4-12,16,18H2,1-3H3. The second kappa shape index (κ2) is 13.6. The van der Waals surface area contributed by atoms with Gasteiger partial charge in [-0.3, -0.25) is 9.59 Å². The van der Waals surface area contributed by atoms with Crippen molar-refractivity contribution in [3.05, 3.63) is 34.9 Å². The van der Waals surface area contributed by atoms with E-state index in [-0.39, 0.29) is 6.61 Å². The third-order valence-corrected chi connectivity index (χ3v) is 5.46. The number of benzene rings is 1. The maximum atomic E-state index is 12.7. The summed E-state index contributed by atoms with van der Waals surface area (Å²) in [4.78, 5) is 25.4.